The predicted octanol–water partition coefficient (Wildman–Crippen LogP) is 0.684. The molecule has 0 bridgehead atoms. The molecule has 74 valence electrons. The van der Waals surface area contributed by atoms with Crippen LogP contribution in [0.3, 0.4) is 0 Å². The standard InChI is InChI=1S/C8H19BO3.Li.H/c1-2-3-4-5-6-7-8-12-9(10)11;;/h10-11H,2-8H2,1H3;;. The van der Waals surface area contributed by atoms with Gasteiger partial charge in [0, 0.05) is 6.61 Å². The summed E-state index contributed by atoms with van der Waals surface area (Å²) in [6, 6.07) is 0. The van der Waals surface area contributed by atoms with Gasteiger partial charge in [-0.15, -0.1) is 0 Å². The van der Waals surface area contributed by atoms with Gasteiger partial charge in [0.05, 0.1) is 0 Å². The fourth-order valence-corrected chi connectivity index (χ4v) is 1.07. The van der Waals surface area contributed by atoms with E-state index in [2.05, 4.69) is 11.6 Å². The summed E-state index contributed by atoms with van der Waals surface area (Å²) in [5.74, 6) is 0. The van der Waals surface area contributed by atoms with Crippen molar-refractivity contribution in [1.29, 1.82) is 0 Å². The number of rotatable bonds is 8. The Hall–Kier alpha value is 0.542. The summed E-state index contributed by atoms with van der Waals surface area (Å²) in [6.45, 7) is 2.63. The summed E-state index contributed by atoms with van der Waals surface area (Å²) in [7, 11) is -1.60. The molecule has 0 rings (SSSR count). The first-order chi connectivity index (χ1) is 5.77. The van der Waals surface area contributed by atoms with Gasteiger partial charge in [0.15, 0.2) is 0 Å². The van der Waals surface area contributed by atoms with Crippen molar-refractivity contribution in [2.24, 2.45) is 0 Å². The van der Waals surface area contributed by atoms with Gasteiger partial charge in [0.1, 0.15) is 0 Å². The zero-order valence-corrected chi connectivity index (χ0v) is 7.83. The zero-order valence-electron chi connectivity index (χ0n) is 7.83. The van der Waals surface area contributed by atoms with E-state index in [1.165, 1.54) is 25.7 Å². The van der Waals surface area contributed by atoms with E-state index in [0.29, 0.717) is 6.61 Å². The van der Waals surface area contributed by atoms with Gasteiger partial charge in [-0.3, -0.25) is 0 Å². The van der Waals surface area contributed by atoms with Gasteiger partial charge in [-0.05, 0) is 6.42 Å². The van der Waals surface area contributed by atoms with Crippen LogP contribution in [0.1, 0.15) is 45.4 Å². The van der Waals surface area contributed by atoms with Crippen LogP contribution in [-0.2, 0) is 4.65 Å². The molecule has 3 nitrogen and oxygen atoms in total. The van der Waals surface area contributed by atoms with E-state index in [9.17, 15) is 0 Å². The molecule has 0 aromatic rings. The number of hydrogen-bond acceptors (Lipinski definition) is 3. The minimum absolute atomic E-state index is 0. The molecule has 0 spiro atoms. The average molecular weight is 182 g/mol. The molecule has 0 aromatic carbocycles. The van der Waals surface area contributed by atoms with E-state index in [4.69, 9.17) is 10.0 Å². The second-order valence-electron chi connectivity index (χ2n) is 2.96. The fourth-order valence-electron chi connectivity index (χ4n) is 1.07. The van der Waals surface area contributed by atoms with Gasteiger partial charge >= 0.3 is 26.2 Å². The first kappa shape index (κ1) is 16.0. The van der Waals surface area contributed by atoms with E-state index in [-0.39, 0.29) is 18.9 Å². The van der Waals surface area contributed by atoms with Crippen LogP contribution in [-0.4, -0.2) is 42.8 Å². The maximum atomic E-state index is 8.33. The molecule has 0 saturated heterocycles. The third-order valence-corrected chi connectivity index (χ3v) is 1.76. The van der Waals surface area contributed by atoms with E-state index in [0.717, 1.165) is 12.8 Å². The number of hydrogen-bond donors (Lipinski definition) is 2. The van der Waals surface area contributed by atoms with Crippen LogP contribution in [0, 0.1) is 0 Å². The molecule has 13 heavy (non-hydrogen) atoms. The van der Waals surface area contributed by atoms with Crippen LogP contribution in [0.2, 0.25) is 0 Å². The minimum atomic E-state index is -1.60. The molecule has 0 heterocycles. The Morgan fingerprint density at radius 1 is 1.00 bits per heavy atom. The first-order valence-electron chi connectivity index (χ1n) is 4.75. The molecule has 0 amide bonds. The molecule has 0 atom stereocenters. The van der Waals surface area contributed by atoms with E-state index < -0.39 is 7.32 Å². The topological polar surface area (TPSA) is 49.7 Å². The van der Waals surface area contributed by atoms with E-state index >= 15 is 0 Å². The molecule has 0 aliphatic carbocycles. The molecule has 0 saturated carbocycles. The second kappa shape index (κ2) is 12.5. The third-order valence-electron chi connectivity index (χ3n) is 1.76. The van der Waals surface area contributed by atoms with Crippen molar-refractivity contribution in [2.45, 2.75) is 45.4 Å². The Bertz CT molecular complexity index is 93.5. The molecule has 0 unspecified atom stereocenters. The summed E-state index contributed by atoms with van der Waals surface area (Å²) in [6.07, 6.45) is 7.08. The molecule has 5 heteroatoms. The summed E-state index contributed by atoms with van der Waals surface area (Å²) >= 11 is 0. The van der Waals surface area contributed by atoms with Crippen LogP contribution in [0.4, 0.5) is 0 Å². The quantitative estimate of drug-likeness (QED) is 0.428. The van der Waals surface area contributed by atoms with E-state index in [1.54, 1.807) is 0 Å². The van der Waals surface area contributed by atoms with Gasteiger partial charge in [0.25, 0.3) is 0 Å². The summed E-state index contributed by atoms with van der Waals surface area (Å²) in [5.41, 5.74) is 0. The maximum absolute atomic E-state index is 8.33. The van der Waals surface area contributed by atoms with Gasteiger partial charge in [-0.1, -0.05) is 39.0 Å². The fraction of sp³-hybridized carbons (Fsp3) is 1.00. The van der Waals surface area contributed by atoms with Crippen molar-refractivity contribution in [1.82, 2.24) is 0 Å². The van der Waals surface area contributed by atoms with Crippen LogP contribution in [0.5, 0.6) is 0 Å². The molecule has 0 aliphatic heterocycles. The molecule has 0 radical (unpaired) electrons. The SMILES string of the molecule is CCCCCCCCOB(O)O.[LiH]. The van der Waals surface area contributed by atoms with Crippen molar-refractivity contribution < 1.29 is 14.7 Å². The normalized spacial score (nSPS) is 9.46. The van der Waals surface area contributed by atoms with Gasteiger partial charge in [-0.25, -0.2) is 0 Å². The molecule has 0 aliphatic rings. The van der Waals surface area contributed by atoms with Crippen molar-refractivity contribution >= 4 is 26.2 Å². The third kappa shape index (κ3) is 15.3. The predicted molar refractivity (Wildman–Crippen MR) is 56.7 cm³/mol. The Morgan fingerprint density at radius 3 is 2.08 bits per heavy atom. The first-order valence-corrected chi connectivity index (χ1v) is 4.75. The summed E-state index contributed by atoms with van der Waals surface area (Å²) < 4.78 is 4.56. The van der Waals surface area contributed by atoms with Crippen molar-refractivity contribution in [3.8, 4) is 0 Å². The van der Waals surface area contributed by atoms with Crippen LogP contribution in [0.25, 0.3) is 0 Å². The Balaban J connectivity index is 0. The van der Waals surface area contributed by atoms with Gasteiger partial charge in [0.2, 0.25) is 0 Å². The molecular formula is C8H20BLiO3. The zero-order chi connectivity index (χ0) is 9.23. The summed E-state index contributed by atoms with van der Waals surface area (Å²) in [4.78, 5) is 0. The summed E-state index contributed by atoms with van der Waals surface area (Å²) in [5, 5.41) is 16.7. The van der Waals surface area contributed by atoms with Crippen molar-refractivity contribution in [3.05, 3.63) is 0 Å². The molecule has 2 N–H and O–H groups in total. The van der Waals surface area contributed by atoms with Crippen molar-refractivity contribution in [2.75, 3.05) is 6.61 Å². The molecular weight excluding hydrogens is 162 g/mol. The number of unbranched alkanes of at least 4 members (excludes halogenated alkanes) is 5. The van der Waals surface area contributed by atoms with Gasteiger partial charge < -0.3 is 14.7 Å². The molecule has 0 aromatic heterocycles. The Labute approximate surface area is 93.2 Å². The second-order valence-corrected chi connectivity index (χ2v) is 2.96. The monoisotopic (exact) mass is 182 g/mol. The van der Waals surface area contributed by atoms with Gasteiger partial charge in [-0.2, -0.15) is 0 Å². The van der Waals surface area contributed by atoms with Crippen molar-refractivity contribution in [3.63, 3.8) is 0 Å². The Morgan fingerprint density at radius 2 is 1.54 bits per heavy atom. The van der Waals surface area contributed by atoms with Crippen LogP contribution in [0.15, 0.2) is 0 Å². The Kier molecular flexibility index (Phi) is 15.4. The van der Waals surface area contributed by atoms with Crippen LogP contribution < -0.4 is 0 Å². The van der Waals surface area contributed by atoms with Crippen LogP contribution >= 0.6 is 0 Å². The van der Waals surface area contributed by atoms with E-state index in [1.807, 2.05) is 0 Å². The molecule has 0 fully saturated rings. The average Bonchev–Trinajstić information content (AvgIpc) is 2.02.